The first kappa shape index (κ1) is 17.9. The fourth-order valence-corrected chi connectivity index (χ4v) is 3.10. The van der Waals surface area contributed by atoms with Crippen LogP contribution in [0.15, 0.2) is 30.5 Å². The van der Waals surface area contributed by atoms with E-state index in [-0.39, 0.29) is 18.7 Å². The Hall–Kier alpha value is -2.87. The van der Waals surface area contributed by atoms with Gasteiger partial charge in [-0.25, -0.2) is 9.48 Å². The van der Waals surface area contributed by atoms with Gasteiger partial charge in [0, 0.05) is 12.7 Å². The van der Waals surface area contributed by atoms with Crippen LogP contribution in [-0.2, 0) is 4.79 Å². The molecule has 1 unspecified atom stereocenters. The Morgan fingerprint density at radius 2 is 2.08 bits per heavy atom. The van der Waals surface area contributed by atoms with Gasteiger partial charge in [-0.05, 0) is 43.5 Å². The lowest BCUT2D eigenvalue weighted by Crippen LogP contribution is -2.54. The number of rotatable bonds is 4. The smallest absolute Gasteiger partial charge is 0.337 e. The number of nitrogens with zero attached hydrogens (tertiary/aromatic N) is 3. The maximum absolute atomic E-state index is 12.7. The topological polar surface area (TPSA) is 105 Å². The quantitative estimate of drug-likeness (QED) is 0.851. The molecule has 26 heavy (non-hydrogen) atoms. The van der Waals surface area contributed by atoms with Gasteiger partial charge in [-0.3, -0.25) is 4.79 Å². The molecule has 1 fully saturated rings. The zero-order valence-corrected chi connectivity index (χ0v) is 14.7. The summed E-state index contributed by atoms with van der Waals surface area (Å²) >= 11 is 0. The van der Waals surface area contributed by atoms with E-state index >= 15 is 0 Å². The molecule has 8 heteroatoms. The Morgan fingerprint density at radius 1 is 1.31 bits per heavy atom. The lowest BCUT2D eigenvalue weighted by atomic mass is 9.93. The first-order valence-corrected chi connectivity index (χ1v) is 8.30. The highest BCUT2D eigenvalue weighted by molar-refractivity contribution is 5.93. The van der Waals surface area contributed by atoms with Crippen LogP contribution in [-0.4, -0.2) is 62.6 Å². The molecule has 0 bridgehead atoms. The van der Waals surface area contributed by atoms with E-state index < -0.39 is 17.5 Å². The third kappa shape index (κ3) is 3.28. The van der Waals surface area contributed by atoms with Crippen LogP contribution < -0.4 is 4.74 Å². The van der Waals surface area contributed by atoms with Crippen molar-refractivity contribution in [2.75, 3.05) is 20.2 Å². The lowest BCUT2D eigenvalue weighted by Gasteiger charge is -2.35. The van der Waals surface area contributed by atoms with Crippen LogP contribution in [0.3, 0.4) is 0 Å². The van der Waals surface area contributed by atoms with E-state index in [0.717, 1.165) is 5.56 Å². The molecule has 0 radical (unpaired) electrons. The van der Waals surface area contributed by atoms with Crippen LogP contribution >= 0.6 is 0 Å². The number of hydrogen-bond acceptors (Lipinski definition) is 5. The van der Waals surface area contributed by atoms with Crippen LogP contribution in [0.1, 0.15) is 28.9 Å². The molecule has 8 nitrogen and oxygen atoms in total. The SMILES string of the molecule is COc1ccc(C)cc1-n1ccc(C(=O)N2CCCC(O)(C(=O)O)C2)n1. The van der Waals surface area contributed by atoms with Crippen molar-refractivity contribution in [2.24, 2.45) is 0 Å². The molecular weight excluding hydrogens is 338 g/mol. The van der Waals surface area contributed by atoms with Crippen molar-refractivity contribution >= 4 is 11.9 Å². The predicted octanol–water partition coefficient (Wildman–Crippen LogP) is 1.24. The number of amides is 1. The fourth-order valence-electron chi connectivity index (χ4n) is 3.10. The molecule has 2 aromatic rings. The van der Waals surface area contributed by atoms with Crippen molar-refractivity contribution in [1.29, 1.82) is 0 Å². The number of benzene rings is 1. The van der Waals surface area contributed by atoms with Gasteiger partial charge in [0.2, 0.25) is 0 Å². The highest BCUT2D eigenvalue weighted by atomic mass is 16.5. The monoisotopic (exact) mass is 359 g/mol. The van der Waals surface area contributed by atoms with Gasteiger partial charge in [0.1, 0.15) is 11.4 Å². The van der Waals surface area contributed by atoms with E-state index in [2.05, 4.69) is 5.10 Å². The molecule has 1 saturated heterocycles. The third-order valence-corrected chi connectivity index (χ3v) is 4.55. The Labute approximate surface area is 150 Å². The Balaban J connectivity index is 1.85. The second kappa shape index (κ2) is 6.80. The molecule has 1 amide bonds. The minimum atomic E-state index is -1.91. The predicted molar refractivity (Wildman–Crippen MR) is 92.6 cm³/mol. The van der Waals surface area contributed by atoms with Crippen LogP contribution in [0.25, 0.3) is 5.69 Å². The molecule has 1 aliphatic rings. The lowest BCUT2D eigenvalue weighted by molar-refractivity contribution is -0.163. The van der Waals surface area contributed by atoms with Crippen molar-refractivity contribution in [2.45, 2.75) is 25.4 Å². The number of aliphatic hydroxyl groups is 1. The summed E-state index contributed by atoms with van der Waals surface area (Å²) in [7, 11) is 1.56. The maximum Gasteiger partial charge on any atom is 0.337 e. The summed E-state index contributed by atoms with van der Waals surface area (Å²) in [4.78, 5) is 25.3. The number of carboxylic acids is 1. The maximum atomic E-state index is 12.7. The summed E-state index contributed by atoms with van der Waals surface area (Å²) in [5, 5.41) is 23.7. The van der Waals surface area contributed by atoms with Gasteiger partial charge in [0.15, 0.2) is 11.3 Å². The van der Waals surface area contributed by atoms with E-state index in [9.17, 15) is 19.8 Å². The van der Waals surface area contributed by atoms with Crippen LogP contribution in [0.4, 0.5) is 0 Å². The van der Waals surface area contributed by atoms with Crippen LogP contribution in [0, 0.1) is 6.92 Å². The van der Waals surface area contributed by atoms with Crippen molar-refractivity contribution in [1.82, 2.24) is 14.7 Å². The van der Waals surface area contributed by atoms with Gasteiger partial charge in [-0.15, -0.1) is 0 Å². The Bertz CT molecular complexity index is 847. The number of β-amino-alcohol motifs (C(OH)–C–C–N with tert-alkyl or cyclic N) is 1. The zero-order valence-electron chi connectivity index (χ0n) is 14.7. The van der Waals surface area contributed by atoms with Gasteiger partial charge in [0.05, 0.1) is 13.7 Å². The summed E-state index contributed by atoms with van der Waals surface area (Å²) in [5.74, 6) is -1.10. The number of carboxylic acid groups (broad SMARTS) is 1. The number of carbonyl (C=O) groups is 2. The molecule has 0 aliphatic carbocycles. The number of likely N-dealkylation sites (tertiary alicyclic amines) is 1. The van der Waals surface area contributed by atoms with Gasteiger partial charge < -0.3 is 19.8 Å². The first-order valence-electron chi connectivity index (χ1n) is 8.30. The number of carbonyl (C=O) groups excluding carboxylic acids is 1. The average Bonchev–Trinajstić information content (AvgIpc) is 3.11. The highest BCUT2D eigenvalue weighted by Gasteiger charge is 2.42. The number of ether oxygens (including phenoxy) is 1. The normalized spacial score (nSPS) is 20.0. The molecule has 1 aliphatic heterocycles. The molecule has 1 aromatic carbocycles. The largest absolute Gasteiger partial charge is 0.494 e. The number of aliphatic carboxylic acids is 1. The second-order valence-electron chi connectivity index (χ2n) is 6.49. The summed E-state index contributed by atoms with van der Waals surface area (Å²) in [6, 6.07) is 7.20. The van der Waals surface area contributed by atoms with Crippen molar-refractivity contribution in [3.8, 4) is 11.4 Å². The van der Waals surface area contributed by atoms with Gasteiger partial charge in [-0.2, -0.15) is 5.10 Å². The van der Waals surface area contributed by atoms with Gasteiger partial charge in [0.25, 0.3) is 5.91 Å². The van der Waals surface area contributed by atoms with Crippen molar-refractivity contribution < 1.29 is 24.5 Å². The van der Waals surface area contributed by atoms with E-state index in [1.54, 1.807) is 24.1 Å². The van der Waals surface area contributed by atoms with E-state index in [0.29, 0.717) is 24.4 Å². The second-order valence-corrected chi connectivity index (χ2v) is 6.49. The molecule has 1 atom stereocenters. The number of aryl methyl sites for hydroxylation is 1. The van der Waals surface area contributed by atoms with E-state index in [4.69, 9.17) is 4.74 Å². The molecule has 3 rings (SSSR count). The number of piperidine rings is 1. The van der Waals surface area contributed by atoms with Crippen LogP contribution in [0.2, 0.25) is 0 Å². The van der Waals surface area contributed by atoms with E-state index in [1.165, 1.54) is 4.90 Å². The zero-order chi connectivity index (χ0) is 18.9. The number of methoxy groups -OCH3 is 1. The number of aromatic nitrogens is 2. The summed E-state index contributed by atoms with van der Waals surface area (Å²) < 4.78 is 6.89. The number of hydrogen-bond donors (Lipinski definition) is 2. The standard InChI is InChI=1S/C18H21N3O5/c1-12-4-5-15(26-2)14(10-12)21-9-6-13(19-21)16(22)20-8-3-7-18(25,11-20)17(23)24/h4-6,9-10,25H,3,7-8,11H2,1-2H3,(H,23,24). The van der Waals surface area contributed by atoms with E-state index in [1.807, 2.05) is 25.1 Å². The van der Waals surface area contributed by atoms with Gasteiger partial charge in [-0.1, -0.05) is 6.07 Å². The molecule has 2 heterocycles. The van der Waals surface area contributed by atoms with Crippen molar-refractivity contribution in [3.05, 3.63) is 41.7 Å². The fraction of sp³-hybridized carbons (Fsp3) is 0.389. The molecular formula is C18H21N3O5. The highest BCUT2D eigenvalue weighted by Crippen LogP contribution is 2.25. The Kier molecular flexibility index (Phi) is 4.69. The molecule has 0 saturated carbocycles. The average molecular weight is 359 g/mol. The summed E-state index contributed by atoms with van der Waals surface area (Å²) in [5.41, 5.74) is -0.00173. The molecule has 0 spiro atoms. The molecule has 138 valence electrons. The van der Waals surface area contributed by atoms with Gasteiger partial charge >= 0.3 is 5.97 Å². The molecule has 2 N–H and O–H groups in total. The minimum Gasteiger partial charge on any atom is -0.494 e. The van der Waals surface area contributed by atoms with Crippen molar-refractivity contribution in [3.63, 3.8) is 0 Å². The summed E-state index contributed by atoms with van der Waals surface area (Å²) in [6.07, 6.45) is 2.19. The molecule has 1 aromatic heterocycles. The Morgan fingerprint density at radius 3 is 2.77 bits per heavy atom. The third-order valence-electron chi connectivity index (χ3n) is 4.55. The summed E-state index contributed by atoms with van der Waals surface area (Å²) in [6.45, 7) is 2.08. The minimum absolute atomic E-state index is 0.126. The van der Waals surface area contributed by atoms with Crippen LogP contribution in [0.5, 0.6) is 5.75 Å². The first-order chi connectivity index (χ1) is 12.3.